The fraction of sp³-hybridized carbons (Fsp3) is 0.474. The minimum Gasteiger partial charge on any atom is -0.395 e. The van der Waals surface area contributed by atoms with E-state index in [0.29, 0.717) is 12.2 Å². The number of benzene rings is 1. The molecule has 1 aromatic carbocycles. The van der Waals surface area contributed by atoms with Crippen LogP contribution in [0.5, 0.6) is 0 Å². The van der Waals surface area contributed by atoms with E-state index in [9.17, 15) is 25.5 Å². The predicted octanol–water partition coefficient (Wildman–Crippen LogP) is -1.72. The summed E-state index contributed by atoms with van der Waals surface area (Å²) in [5.74, 6) is 0. The number of nitrogens with one attached hydrogen (secondary N) is 1. The fourth-order valence-electron chi connectivity index (χ4n) is 2.64. The Bertz CT molecular complexity index is 688. The van der Waals surface area contributed by atoms with E-state index in [0.717, 1.165) is 5.56 Å². The van der Waals surface area contributed by atoms with Gasteiger partial charge in [0.15, 0.2) is 0 Å². The van der Waals surface area contributed by atoms with E-state index in [1.165, 1.54) is 12.4 Å². The summed E-state index contributed by atoms with van der Waals surface area (Å²) in [5.41, 5.74) is 1.48. The average Bonchev–Trinajstić information content (AvgIpc) is 2.73. The number of rotatable bonds is 11. The molecule has 0 saturated carbocycles. The van der Waals surface area contributed by atoms with E-state index in [1.807, 2.05) is 30.3 Å². The van der Waals surface area contributed by atoms with Gasteiger partial charge in [0.1, 0.15) is 18.3 Å². The maximum atomic E-state index is 10.4. The first kappa shape index (κ1) is 22.3. The SMILES string of the molecule is OC[C@@H](O)[C@@H](O)[C@H](O)c1cnc(C[C@@H](O)[C@H](CO)NCc2ccccc2)cn1. The molecule has 0 amide bonds. The van der Waals surface area contributed by atoms with E-state index in [1.54, 1.807) is 0 Å². The van der Waals surface area contributed by atoms with Crippen LogP contribution in [0, 0.1) is 0 Å². The van der Waals surface area contributed by atoms with E-state index in [2.05, 4.69) is 15.3 Å². The second-order valence-corrected chi connectivity index (χ2v) is 6.54. The molecule has 0 aliphatic carbocycles. The van der Waals surface area contributed by atoms with Crippen LogP contribution in [0.25, 0.3) is 0 Å². The van der Waals surface area contributed by atoms with Crippen molar-refractivity contribution in [2.45, 2.75) is 43.4 Å². The molecule has 0 saturated heterocycles. The number of hydrogen-bond acceptors (Lipinski definition) is 9. The zero-order valence-electron chi connectivity index (χ0n) is 15.3. The monoisotopic (exact) mass is 393 g/mol. The Labute approximate surface area is 163 Å². The van der Waals surface area contributed by atoms with Crippen LogP contribution in [0.2, 0.25) is 0 Å². The normalized spacial score (nSPS) is 16.9. The quantitative estimate of drug-likeness (QED) is 0.236. The van der Waals surface area contributed by atoms with E-state index >= 15 is 0 Å². The molecule has 2 aromatic rings. The lowest BCUT2D eigenvalue weighted by Crippen LogP contribution is -2.43. The highest BCUT2D eigenvalue weighted by atomic mass is 16.4. The van der Waals surface area contributed by atoms with Crippen molar-refractivity contribution < 1.29 is 30.6 Å². The lowest BCUT2D eigenvalue weighted by atomic mass is 10.0. The summed E-state index contributed by atoms with van der Waals surface area (Å²) in [6.07, 6.45) is -2.84. The molecule has 1 aromatic heterocycles. The van der Waals surface area contributed by atoms with Crippen molar-refractivity contribution >= 4 is 0 Å². The molecule has 0 spiro atoms. The summed E-state index contributed by atoms with van der Waals surface area (Å²) in [4.78, 5) is 8.08. The third-order valence-electron chi connectivity index (χ3n) is 4.42. The lowest BCUT2D eigenvalue weighted by molar-refractivity contribution is -0.0790. The van der Waals surface area contributed by atoms with Crippen molar-refractivity contribution in [3.8, 4) is 0 Å². The van der Waals surface area contributed by atoms with E-state index in [4.69, 9.17) is 5.11 Å². The summed E-state index contributed by atoms with van der Waals surface area (Å²) in [6.45, 7) is -0.469. The zero-order chi connectivity index (χ0) is 20.5. The molecule has 9 nitrogen and oxygen atoms in total. The Hall–Kier alpha value is -1.98. The Kier molecular flexibility index (Phi) is 8.87. The smallest absolute Gasteiger partial charge is 0.126 e. The average molecular weight is 393 g/mol. The van der Waals surface area contributed by atoms with Crippen LogP contribution in [0.4, 0.5) is 0 Å². The molecule has 1 heterocycles. The molecule has 0 aliphatic rings. The molecule has 0 fully saturated rings. The van der Waals surface area contributed by atoms with Gasteiger partial charge in [-0.2, -0.15) is 0 Å². The third-order valence-corrected chi connectivity index (χ3v) is 4.42. The minimum atomic E-state index is -1.60. The van der Waals surface area contributed by atoms with Crippen molar-refractivity contribution in [1.29, 1.82) is 0 Å². The van der Waals surface area contributed by atoms with Gasteiger partial charge in [-0.3, -0.25) is 9.97 Å². The highest BCUT2D eigenvalue weighted by molar-refractivity contribution is 5.14. The number of aliphatic hydroxyl groups excluding tert-OH is 6. The van der Waals surface area contributed by atoms with Gasteiger partial charge in [0.05, 0.1) is 42.9 Å². The molecular formula is C19H27N3O6. The molecule has 9 heteroatoms. The molecule has 154 valence electrons. The zero-order valence-corrected chi connectivity index (χ0v) is 15.3. The van der Waals surface area contributed by atoms with Crippen LogP contribution in [0.1, 0.15) is 23.1 Å². The first-order valence-electron chi connectivity index (χ1n) is 8.98. The molecule has 0 radical (unpaired) electrons. The van der Waals surface area contributed by atoms with Crippen molar-refractivity contribution in [2.75, 3.05) is 13.2 Å². The Morgan fingerprint density at radius 1 is 0.857 bits per heavy atom. The van der Waals surface area contributed by atoms with Crippen molar-refractivity contribution in [3.05, 3.63) is 59.7 Å². The van der Waals surface area contributed by atoms with Crippen LogP contribution < -0.4 is 5.32 Å². The summed E-state index contributed by atoms with van der Waals surface area (Å²) in [6, 6.07) is 9.03. The highest BCUT2D eigenvalue weighted by Gasteiger charge is 2.27. The third kappa shape index (κ3) is 6.28. The van der Waals surface area contributed by atoms with Gasteiger partial charge in [0.2, 0.25) is 0 Å². The lowest BCUT2D eigenvalue weighted by Gasteiger charge is -2.23. The van der Waals surface area contributed by atoms with Gasteiger partial charge < -0.3 is 36.0 Å². The van der Waals surface area contributed by atoms with Crippen molar-refractivity contribution in [2.24, 2.45) is 0 Å². The van der Waals surface area contributed by atoms with Crippen LogP contribution in [-0.4, -0.2) is 78.2 Å². The van der Waals surface area contributed by atoms with Crippen molar-refractivity contribution in [1.82, 2.24) is 15.3 Å². The van der Waals surface area contributed by atoms with Gasteiger partial charge in [-0.25, -0.2) is 0 Å². The van der Waals surface area contributed by atoms with Gasteiger partial charge in [-0.05, 0) is 5.56 Å². The Balaban J connectivity index is 1.92. The second-order valence-electron chi connectivity index (χ2n) is 6.54. The van der Waals surface area contributed by atoms with E-state index in [-0.39, 0.29) is 18.7 Å². The summed E-state index contributed by atoms with van der Waals surface area (Å²) in [7, 11) is 0. The number of aliphatic hydroxyl groups is 6. The summed E-state index contributed by atoms with van der Waals surface area (Å²) >= 11 is 0. The summed E-state index contributed by atoms with van der Waals surface area (Å²) < 4.78 is 0. The van der Waals surface area contributed by atoms with Gasteiger partial charge in [-0.15, -0.1) is 0 Å². The van der Waals surface area contributed by atoms with E-state index < -0.39 is 37.1 Å². The molecular weight excluding hydrogens is 366 g/mol. The topological polar surface area (TPSA) is 159 Å². The predicted molar refractivity (Wildman–Crippen MR) is 100.0 cm³/mol. The minimum absolute atomic E-state index is 0.0270. The van der Waals surface area contributed by atoms with Crippen molar-refractivity contribution in [3.63, 3.8) is 0 Å². The molecule has 0 aliphatic heterocycles. The van der Waals surface area contributed by atoms with Gasteiger partial charge in [-0.1, -0.05) is 30.3 Å². The fourth-order valence-corrected chi connectivity index (χ4v) is 2.64. The molecule has 28 heavy (non-hydrogen) atoms. The number of nitrogens with zero attached hydrogens (tertiary/aromatic N) is 2. The second kappa shape index (κ2) is 11.1. The van der Waals surface area contributed by atoms with Gasteiger partial charge in [0, 0.05) is 19.2 Å². The maximum absolute atomic E-state index is 10.4. The molecule has 7 N–H and O–H groups in total. The van der Waals surface area contributed by atoms with Gasteiger partial charge in [0.25, 0.3) is 0 Å². The first-order chi connectivity index (χ1) is 13.5. The van der Waals surface area contributed by atoms with Crippen LogP contribution in [-0.2, 0) is 13.0 Å². The highest BCUT2D eigenvalue weighted by Crippen LogP contribution is 2.16. The van der Waals surface area contributed by atoms with Crippen LogP contribution in [0.15, 0.2) is 42.7 Å². The molecule has 2 rings (SSSR count). The largest absolute Gasteiger partial charge is 0.395 e. The Morgan fingerprint density at radius 2 is 1.57 bits per heavy atom. The Morgan fingerprint density at radius 3 is 2.14 bits per heavy atom. The van der Waals surface area contributed by atoms with Crippen LogP contribution in [0.3, 0.4) is 0 Å². The number of hydrogen-bond donors (Lipinski definition) is 7. The van der Waals surface area contributed by atoms with Gasteiger partial charge >= 0.3 is 0 Å². The first-order valence-corrected chi connectivity index (χ1v) is 8.98. The molecule has 0 unspecified atom stereocenters. The standard InChI is InChI=1S/C19H27N3O6/c23-10-15(21-7-12-4-2-1-3-5-12)16(25)6-13-8-22-14(9-20-13)18(27)19(28)17(26)11-24/h1-5,8-9,15-19,21,23-28H,6-7,10-11H2/t15-,16+,17+,18+,19+/m0/s1. The molecule has 5 atom stereocenters. The molecule has 0 bridgehead atoms. The number of aromatic nitrogens is 2. The summed E-state index contributed by atoms with van der Waals surface area (Å²) in [5, 5.41) is 60.9. The maximum Gasteiger partial charge on any atom is 0.126 e. The van der Waals surface area contributed by atoms with Crippen LogP contribution >= 0.6 is 0 Å².